The summed E-state index contributed by atoms with van der Waals surface area (Å²) in [6, 6.07) is 0. The van der Waals surface area contributed by atoms with Crippen molar-refractivity contribution in [1.82, 2.24) is 0 Å². The van der Waals surface area contributed by atoms with Crippen LogP contribution >= 0.6 is 0 Å². The lowest BCUT2D eigenvalue weighted by molar-refractivity contribution is -0.138. The molecule has 8 nitrogen and oxygen atoms in total. The Morgan fingerprint density at radius 3 is 1.36 bits per heavy atom. The van der Waals surface area contributed by atoms with Gasteiger partial charge >= 0.3 is 11.9 Å². The normalized spacial score (nSPS) is 50.9. The number of hydrogen-bond acceptors (Lipinski definition) is 6. The van der Waals surface area contributed by atoms with Gasteiger partial charge in [-0.25, -0.2) is 0 Å². The SMILES string of the molecule is C[C@H](CCC(=O)O)[C@H]1CC[C@H]2[C@@H]3CC[C@@H]4C[C@H](O)CC[C@]4(C)[C@H]3C/C(=N/N=C3/C[C@H]4[C@@H](CC[C@@H]5C[C@H](O)CC[C@@]54C)[C@@H]4CC[C@H]([C@H](C)CCC(=O)O)[C@@]34C)[C@]12C. The molecule has 8 heteroatoms. The quantitative estimate of drug-likeness (QED) is 0.172. The minimum absolute atomic E-state index is 0.122. The number of carboxylic acids is 2. The summed E-state index contributed by atoms with van der Waals surface area (Å²) in [5.41, 5.74) is 2.68. The smallest absolute Gasteiger partial charge is 0.303 e. The van der Waals surface area contributed by atoms with E-state index in [1.807, 2.05) is 0 Å². The summed E-state index contributed by atoms with van der Waals surface area (Å²) >= 11 is 0. The first-order chi connectivity index (χ1) is 26.5. The number of carboxylic acid groups (broad SMARTS) is 2. The molecule has 0 radical (unpaired) electrons. The molecule has 0 aromatic carbocycles. The lowest BCUT2D eigenvalue weighted by Crippen LogP contribution is -2.58. The van der Waals surface area contributed by atoms with Crippen LogP contribution in [0.25, 0.3) is 0 Å². The maximum Gasteiger partial charge on any atom is 0.303 e. The number of aliphatic hydroxyl groups is 2. The maximum absolute atomic E-state index is 11.8. The van der Waals surface area contributed by atoms with E-state index in [-0.39, 0.29) is 46.7 Å². The van der Waals surface area contributed by atoms with Gasteiger partial charge in [0.15, 0.2) is 0 Å². The Balaban J connectivity index is 1.22. The molecule has 8 aliphatic carbocycles. The van der Waals surface area contributed by atoms with Gasteiger partial charge in [-0.05, 0) is 197 Å². The van der Waals surface area contributed by atoms with E-state index in [1.54, 1.807) is 0 Å². The predicted octanol–water partition coefficient (Wildman–Crippen LogP) is 10.0. The Kier molecular flexibility index (Phi) is 11.0. The number of rotatable bonds is 9. The van der Waals surface area contributed by atoms with Crippen LogP contribution in [0.5, 0.6) is 0 Å². The topological polar surface area (TPSA) is 140 Å². The molecule has 0 aromatic heterocycles. The second-order valence-electron chi connectivity index (χ2n) is 22.4. The largest absolute Gasteiger partial charge is 0.481 e. The fourth-order valence-electron chi connectivity index (χ4n) is 17.3. The molecule has 0 bridgehead atoms. The molecular formula is C48H76N2O6. The number of aliphatic carboxylic acids is 2. The van der Waals surface area contributed by atoms with Crippen molar-refractivity contribution in [2.24, 2.45) is 103 Å². The lowest BCUT2D eigenvalue weighted by atomic mass is 9.43. The average molecular weight is 777 g/mol. The number of aliphatic hydroxyl groups excluding tert-OH is 2. The van der Waals surface area contributed by atoms with Crippen molar-refractivity contribution in [2.75, 3.05) is 0 Å². The minimum Gasteiger partial charge on any atom is -0.481 e. The van der Waals surface area contributed by atoms with Gasteiger partial charge in [-0.2, -0.15) is 10.2 Å². The summed E-state index contributed by atoms with van der Waals surface area (Å²) in [5.74, 6) is 4.37. The fraction of sp³-hybridized carbons (Fsp3) is 0.917. The van der Waals surface area contributed by atoms with Crippen LogP contribution in [0.15, 0.2) is 10.2 Å². The summed E-state index contributed by atoms with van der Waals surface area (Å²) < 4.78 is 0. The highest BCUT2D eigenvalue weighted by Crippen LogP contribution is 2.70. The van der Waals surface area contributed by atoms with E-state index >= 15 is 0 Å². The highest BCUT2D eigenvalue weighted by Gasteiger charge is 2.65. The fourth-order valence-corrected chi connectivity index (χ4v) is 17.3. The van der Waals surface area contributed by atoms with E-state index in [1.165, 1.54) is 49.9 Å². The van der Waals surface area contributed by atoms with Crippen LogP contribution in [-0.2, 0) is 9.59 Å². The van der Waals surface area contributed by atoms with Gasteiger partial charge in [0, 0.05) is 35.1 Å². The van der Waals surface area contributed by atoms with E-state index in [0.717, 1.165) is 64.2 Å². The van der Waals surface area contributed by atoms with Gasteiger partial charge < -0.3 is 20.4 Å². The second-order valence-corrected chi connectivity index (χ2v) is 22.4. The molecule has 4 N–H and O–H groups in total. The van der Waals surface area contributed by atoms with Crippen LogP contribution in [0.2, 0.25) is 0 Å². The van der Waals surface area contributed by atoms with Crippen LogP contribution in [0.4, 0.5) is 0 Å². The average Bonchev–Trinajstić information content (AvgIpc) is 3.70. The molecule has 0 aromatic rings. The molecule has 314 valence electrons. The first-order valence-corrected chi connectivity index (χ1v) is 23.5. The first-order valence-electron chi connectivity index (χ1n) is 23.5. The summed E-state index contributed by atoms with van der Waals surface area (Å²) in [6.45, 7) is 14.7. The number of hydrogen-bond donors (Lipinski definition) is 4. The van der Waals surface area contributed by atoms with Crippen molar-refractivity contribution in [2.45, 2.75) is 182 Å². The Hall–Kier alpha value is -1.80. The monoisotopic (exact) mass is 777 g/mol. The van der Waals surface area contributed by atoms with Crippen LogP contribution in [-0.4, -0.2) is 56.0 Å². The van der Waals surface area contributed by atoms with Gasteiger partial charge in [0.25, 0.3) is 0 Å². The van der Waals surface area contributed by atoms with Crippen LogP contribution in [0.3, 0.4) is 0 Å². The maximum atomic E-state index is 11.8. The third-order valence-corrected chi connectivity index (χ3v) is 20.5. The lowest BCUT2D eigenvalue weighted by Gasteiger charge is -2.61. The van der Waals surface area contributed by atoms with Crippen LogP contribution in [0, 0.1) is 92.7 Å². The molecule has 18 atom stereocenters. The standard InChI is InChI=1S/C48H76N2O6/c1-27(7-17-43(53)54)35-13-15-37-33-11-9-29-23-31(51)19-21-45(29,3)39(33)25-41(47(35,37)5)49-50-42-26-40-34(12-10-30-24-32(52)20-22-46(30,40)4)38-16-14-36(48(38,42)6)28(2)8-18-44(55)56/h27-40,51-52H,7-26H2,1-6H3,(H,53,54)(H,55,56)/b49-41-,50-42-/t27-,28-,29-,30-,31-,32-,33+,34+,35-,36-,37+,38+,39+,40+,45+,46+,47-,48-/m1/s1. The molecule has 8 saturated carbocycles. The van der Waals surface area contributed by atoms with Gasteiger partial charge in [0.1, 0.15) is 0 Å². The van der Waals surface area contributed by atoms with Gasteiger partial charge in [0.05, 0.1) is 12.2 Å². The molecule has 0 amide bonds. The second kappa shape index (κ2) is 15.0. The van der Waals surface area contributed by atoms with Gasteiger partial charge in [-0.15, -0.1) is 0 Å². The van der Waals surface area contributed by atoms with Crippen molar-refractivity contribution in [1.29, 1.82) is 0 Å². The Bertz CT molecular complexity index is 1460. The number of fused-ring (bicyclic) bond motifs is 10. The van der Waals surface area contributed by atoms with Crippen molar-refractivity contribution in [3.8, 4) is 0 Å². The molecule has 56 heavy (non-hydrogen) atoms. The Morgan fingerprint density at radius 2 is 0.982 bits per heavy atom. The molecule has 8 fully saturated rings. The zero-order chi connectivity index (χ0) is 39.9. The van der Waals surface area contributed by atoms with Gasteiger partial charge in [-0.3, -0.25) is 9.59 Å². The first kappa shape index (κ1) is 41.0. The van der Waals surface area contributed by atoms with E-state index in [2.05, 4.69) is 41.5 Å². The van der Waals surface area contributed by atoms with Crippen molar-refractivity contribution >= 4 is 23.4 Å². The van der Waals surface area contributed by atoms with Crippen molar-refractivity contribution in [3.05, 3.63) is 0 Å². The van der Waals surface area contributed by atoms with E-state index in [4.69, 9.17) is 10.2 Å². The molecule has 0 aliphatic heterocycles. The predicted molar refractivity (Wildman–Crippen MR) is 220 cm³/mol. The third kappa shape index (κ3) is 6.49. The third-order valence-electron chi connectivity index (χ3n) is 20.5. The summed E-state index contributed by atoms with van der Waals surface area (Å²) in [5, 5.41) is 52.3. The zero-order valence-corrected chi connectivity index (χ0v) is 35.7. The molecule has 8 rings (SSSR count). The summed E-state index contributed by atoms with van der Waals surface area (Å²) in [4.78, 5) is 23.6. The molecule has 0 unspecified atom stereocenters. The Morgan fingerprint density at radius 1 is 0.589 bits per heavy atom. The van der Waals surface area contributed by atoms with Crippen molar-refractivity contribution in [3.63, 3.8) is 0 Å². The molecule has 0 heterocycles. The van der Waals surface area contributed by atoms with Gasteiger partial charge in [0.2, 0.25) is 0 Å². The Labute approximate surface area is 337 Å². The van der Waals surface area contributed by atoms with Crippen molar-refractivity contribution < 1.29 is 30.0 Å². The van der Waals surface area contributed by atoms with E-state index in [9.17, 15) is 30.0 Å². The van der Waals surface area contributed by atoms with Gasteiger partial charge in [-0.1, -0.05) is 41.5 Å². The summed E-state index contributed by atoms with van der Waals surface area (Å²) in [7, 11) is 0. The van der Waals surface area contributed by atoms with Crippen LogP contribution in [0.1, 0.15) is 170 Å². The summed E-state index contributed by atoms with van der Waals surface area (Å²) in [6.07, 6.45) is 18.6. The minimum atomic E-state index is -0.709. The van der Waals surface area contributed by atoms with Crippen LogP contribution < -0.4 is 0 Å². The highest BCUT2D eigenvalue weighted by molar-refractivity contribution is 5.95. The molecule has 8 aliphatic rings. The molecule has 0 saturated heterocycles. The number of carbonyl (C=O) groups is 2. The van der Waals surface area contributed by atoms with E-state index in [0.29, 0.717) is 83.9 Å². The molecular weight excluding hydrogens is 701 g/mol. The number of nitrogens with zero attached hydrogens (tertiary/aromatic N) is 2. The van der Waals surface area contributed by atoms with E-state index < -0.39 is 11.9 Å². The molecule has 0 spiro atoms. The zero-order valence-electron chi connectivity index (χ0n) is 35.7. The highest BCUT2D eigenvalue weighted by atomic mass is 16.4.